The fourth-order valence-corrected chi connectivity index (χ4v) is 2.58. The molecule has 0 spiro atoms. The number of benzene rings is 2. The van der Waals surface area contributed by atoms with Gasteiger partial charge in [0, 0.05) is 0 Å². The summed E-state index contributed by atoms with van der Waals surface area (Å²) in [6.45, 7) is -0.960. The number of phenolic OH excluding ortho intramolecular Hbond substituents is 6. The zero-order valence-corrected chi connectivity index (χ0v) is 17.0. The quantitative estimate of drug-likeness (QED) is 0.113. The van der Waals surface area contributed by atoms with E-state index in [2.05, 4.69) is 9.47 Å². The van der Waals surface area contributed by atoms with Gasteiger partial charge in [0.05, 0.1) is 11.1 Å². The van der Waals surface area contributed by atoms with Gasteiger partial charge < -0.3 is 55.4 Å². The summed E-state index contributed by atoms with van der Waals surface area (Å²) >= 11 is 0. The Morgan fingerprint density at radius 1 is 0.735 bits per heavy atom. The molecular formula is C20H20O14. The predicted molar refractivity (Wildman–Crippen MR) is 106 cm³/mol. The lowest BCUT2D eigenvalue weighted by Gasteiger charge is -2.26. The second-order valence-corrected chi connectivity index (χ2v) is 6.88. The van der Waals surface area contributed by atoms with E-state index in [0.717, 1.165) is 12.1 Å². The summed E-state index contributed by atoms with van der Waals surface area (Å²) in [6, 6.07) is 2.87. The van der Waals surface area contributed by atoms with E-state index in [4.69, 9.17) is 0 Å². The topological polar surface area (TPSA) is 252 Å². The van der Waals surface area contributed by atoms with E-state index in [1.807, 2.05) is 0 Å². The fraction of sp³-hybridized carbons (Fsp3) is 0.250. The van der Waals surface area contributed by atoms with E-state index in [-0.39, 0.29) is 6.29 Å². The molecule has 0 aliphatic carbocycles. The van der Waals surface area contributed by atoms with E-state index >= 15 is 0 Å². The minimum absolute atomic E-state index is 0.0906. The lowest BCUT2D eigenvalue weighted by Crippen LogP contribution is -2.48. The molecule has 0 radical (unpaired) electrons. The van der Waals surface area contributed by atoms with Gasteiger partial charge in [-0.2, -0.15) is 0 Å². The Bertz CT molecular complexity index is 1030. The molecule has 9 N–H and O–H groups in total. The molecule has 2 rings (SSSR count). The molecule has 0 saturated carbocycles. The molecule has 14 nitrogen and oxygen atoms in total. The number of hydrogen-bond donors (Lipinski definition) is 9. The van der Waals surface area contributed by atoms with Gasteiger partial charge in [-0.1, -0.05) is 0 Å². The largest absolute Gasteiger partial charge is 0.504 e. The highest BCUT2D eigenvalue weighted by molar-refractivity contribution is 5.92. The summed E-state index contributed by atoms with van der Waals surface area (Å²) in [6.07, 6.45) is -8.58. The molecule has 0 fully saturated rings. The molecule has 2 aromatic carbocycles. The molecule has 0 heterocycles. The number of aliphatic hydroxyl groups excluding tert-OH is 3. The van der Waals surface area contributed by atoms with Gasteiger partial charge in [-0.15, -0.1) is 0 Å². The molecule has 0 aromatic heterocycles. The normalized spacial score (nSPS) is 14.4. The van der Waals surface area contributed by atoms with Crippen molar-refractivity contribution in [3.63, 3.8) is 0 Å². The Morgan fingerprint density at radius 3 is 1.56 bits per heavy atom. The Kier molecular flexibility index (Phi) is 8.07. The van der Waals surface area contributed by atoms with Gasteiger partial charge >= 0.3 is 11.9 Å². The van der Waals surface area contributed by atoms with Gasteiger partial charge in [0.15, 0.2) is 46.9 Å². The highest BCUT2D eigenvalue weighted by Crippen LogP contribution is 2.36. The van der Waals surface area contributed by atoms with Gasteiger partial charge in [-0.05, 0) is 24.3 Å². The summed E-state index contributed by atoms with van der Waals surface area (Å²) in [5.74, 6) is -7.83. The summed E-state index contributed by atoms with van der Waals surface area (Å²) in [4.78, 5) is 35.3. The molecule has 0 aliphatic rings. The van der Waals surface area contributed by atoms with E-state index in [1.165, 1.54) is 0 Å². The third-order valence-electron chi connectivity index (χ3n) is 4.45. The number of carbonyl (C=O) groups is 3. The van der Waals surface area contributed by atoms with Crippen LogP contribution in [0.4, 0.5) is 0 Å². The van der Waals surface area contributed by atoms with Gasteiger partial charge in [-0.3, -0.25) is 4.79 Å². The highest BCUT2D eigenvalue weighted by Gasteiger charge is 2.35. The molecule has 0 saturated heterocycles. The fourth-order valence-electron chi connectivity index (χ4n) is 2.58. The van der Waals surface area contributed by atoms with Crippen LogP contribution in [0.25, 0.3) is 0 Å². The van der Waals surface area contributed by atoms with Crippen molar-refractivity contribution in [1.29, 1.82) is 0 Å². The smallest absolute Gasteiger partial charge is 0.339 e. The van der Waals surface area contributed by atoms with Crippen molar-refractivity contribution >= 4 is 18.2 Å². The van der Waals surface area contributed by atoms with Gasteiger partial charge in [-0.25, -0.2) is 9.59 Å². The van der Waals surface area contributed by atoms with Crippen molar-refractivity contribution in [3.05, 3.63) is 35.4 Å². The number of phenols is 6. The second kappa shape index (κ2) is 10.6. The first-order valence-electron chi connectivity index (χ1n) is 9.24. The average Bonchev–Trinajstić information content (AvgIpc) is 2.80. The van der Waals surface area contributed by atoms with Crippen LogP contribution in [0.2, 0.25) is 0 Å². The minimum atomic E-state index is -2.23. The summed E-state index contributed by atoms with van der Waals surface area (Å²) in [5.41, 5.74) is -0.966. The van der Waals surface area contributed by atoms with Crippen LogP contribution < -0.4 is 0 Å². The third kappa shape index (κ3) is 5.74. The minimum Gasteiger partial charge on any atom is -0.504 e. The van der Waals surface area contributed by atoms with Crippen LogP contribution in [-0.2, 0) is 14.3 Å². The lowest BCUT2D eigenvalue weighted by atomic mass is 10.0. The van der Waals surface area contributed by atoms with Crippen molar-refractivity contribution in [2.45, 2.75) is 24.4 Å². The van der Waals surface area contributed by atoms with E-state index in [0.29, 0.717) is 12.1 Å². The number of aromatic hydroxyl groups is 6. The van der Waals surface area contributed by atoms with Crippen molar-refractivity contribution in [1.82, 2.24) is 0 Å². The number of esters is 2. The monoisotopic (exact) mass is 484 g/mol. The molecule has 4 unspecified atom stereocenters. The number of aliphatic hydroxyl groups is 3. The first-order valence-corrected chi connectivity index (χ1v) is 9.24. The zero-order valence-electron chi connectivity index (χ0n) is 17.0. The van der Waals surface area contributed by atoms with Crippen LogP contribution in [0.15, 0.2) is 24.3 Å². The standard InChI is InChI=1S/C20H20O14/c21-5-14(34-20(32)8-3-11(24)16(28)12(25)4-8)18(30)17(29)13(26)6-33-19(31)7-1-9(22)15(27)10(23)2-7/h1-5,13-14,17-18,22-30H,6H2. The Morgan fingerprint density at radius 2 is 1.15 bits per heavy atom. The first-order chi connectivity index (χ1) is 15.9. The van der Waals surface area contributed by atoms with Gasteiger partial charge in [0.2, 0.25) is 0 Å². The van der Waals surface area contributed by atoms with Crippen LogP contribution in [0.5, 0.6) is 34.5 Å². The molecule has 14 heteroatoms. The molecule has 184 valence electrons. The van der Waals surface area contributed by atoms with Crippen LogP contribution in [-0.4, -0.2) is 95.2 Å². The maximum Gasteiger partial charge on any atom is 0.339 e. The molecular weight excluding hydrogens is 464 g/mol. The number of ether oxygens (including phenoxy) is 2. The second-order valence-electron chi connectivity index (χ2n) is 6.88. The SMILES string of the molecule is O=CC(OC(=O)c1cc(O)c(O)c(O)c1)C(O)C(O)C(O)COC(=O)c1cc(O)c(O)c(O)c1. The summed E-state index contributed by atoms with van der Waals surface area (Å²) < 4.78 is 9.36. The molecule has 0 bridgehead atoms. The maximum atomic E-state index is 12.1. The van der Waals surface area contributed by atoms with Crippen LogP contribution in [0.3, 0.4) is 0 Å². The van der Waals surface area contributed by atoms with E-state index in [1.54, 1.807) is 0 Å². The highest BCUT2D eigenvalue weighted by atomic mass is 16.6. The lowest BCUT2D eigenvalue weighted by molar-refractivity contribution is -0.138. The summed E-state index contributed by atoms with van der Waals surface area (Å²) in [5, 5.41) is 86.3. The maximum absolute atomic E-state index is 12.1. The average molecular weight is 484 g/mol. The molecule has 34 heavy (non-hydrogen) atoms. The van der Waals surface area contributed by atoms with Crippen molar-refractivity contribution in [2.24, 2.45) is 0 Å². The van der Waals surface area contributed by atoms with E-state index in [9.17, 15) is 60.3 Å². The number of hydrogen-bond acceptors (Lipinski definition) is 14. The van der Waals surface area contributed by atoms with Gasteiger partial charge in [0.1, 0.15) is 24.9 Å². The zero-order chi connectivity index (χ0) is 25.7. The Balaban J connectivity index is 2.01. The first kappa shape index (κ1) is 26.0. The molecule has 2 aromatic rings. The number of aldehydes is 1. The van der Waals surface area contributed by atoms with Crippen LogP contribution >= 0.6 is 0 Å². The number of carbonyl (C=O) groups excluding carboxylic acids is 3. The van der Waals surface area contributed by atoms with Crippen LogP contribution in [0.1, 0.15) is 20.7 Å². The molecule has 0 aliphatic heterocycles. The van der Waals surface area contributed by atoms with E-state index < -0.39 is 88.6 Å². The number of rotatable bonds is 9. The predicted octanol–water partition coefficient (Wildman–Crippen LogP) is -1.42. The van der Waals surface area contributed by atoms with Crippen molar-refractivity contribution in [2.75, 3.05) is 6.61 Å². The van der Waals surface area contributed by atoms with Crippen molar-refractivity contribution in [3.8, 4) is 34.5 Å². The third-order valence-corrected chi connectivity index (χ3v) is 4.45. The Labute approximate surface area is 189 Å². The van der Waals surface area contributed by atoms with Gasteiger partial charge in [0.25, 0.3) is 0 Å². The van der Waals surface area contributed by atoms with Crippen molar-refractivity contribution < 1.29 is 69.8 Å². The molecule has 4 atom stereocenters. The molecule has 0 amide bonds. The summed E-state index contributed by atoms with van der Waals surface area (Å²) in [7, 11) is 0. The Hall–Kier alpha value is -4.27. The van der Waals surface area contributed by atoms with Crippen LogP contribution in [0, 0.1) is 0 Å².